The number of nitrogens with zero attached hydrogens (tertiary/aromatic N) is 2. The van der Waals surface area contributed by atoms with Crippen molar-refractivity contribution >= 4 is 11.9 Å². The van der Waals surface area contributed by atoms with Crippen molar-refractivity contribution in [2.24, 2.45) is 4.99 Å². The Balaban J connectivity index is 1.98. The molecule has 2 aromatic rings. The van der Waals surface area contributed by atoms with Gasteiger partial charge in [-0.1, -0.05) is 24.3 Å². The molecule has 1 amide bonds. The molecule has 150 valence electrons. The van der Waals surface area contributed by atoms with Crippen LogP contribution in [0.4, 0.5) is 4.39 Å². The lowest BCUT2D eigenvalue weighted by atomic mass is 10.1. The standard InChI is InChI=1S/C22H29FN4O/c1-22(2,3)26-20(28)18-8-6-7-17(13-18)14-25-21(24-4)27(5)15-16-9-11-19(23)12-10-16/h6-13H,14-15H2,1-5H3,(H,24,25)(H,26,28). The van der Waals surface area contributed by atoms with E-state index < -0.39 is 0 Å². The van der Waals surface area contributed by atoms with E-state index in [1.165, 1.54) is 12.1 Å². The molecule has 6 heteroatoms. The van der Waals surface area contributed by atoms with Crippen molar-refractivity contribution in [3.8, 4) is 0 Å². The summed E-state index contributed by atoms with van der Waals surface area (Å²) >= 11 is 0. The highest BCUT2D eigenvalue weighted by molar-refractivity contribution is 5.94. The Morgan fingerprint density at radius 3 is 2.39 bits per heavy atom. The minimum absolute atomic E-state index is 0.0906. The van der Waals surface area contributed by atoms with E-state index in [4.69, 9.17) is 0 Å². The number of aliphatic imine (C=N–C) groups is 1. The summed E-state index contributed by atoms with van der Waals surface area (Å²) in [5.41, 5.74) is 2.32. The molecule has 0 aromatic heterocycles. The van der Waals surface area contributed by atoms with Crippen molar-refractivity contribution in [1.82, 2.24) is 15.5 Å². The second-order valence-electron chi connectivity index (χ2n) is 7.79. The van der Waals surface area contributed by atoms with E-state index >= 15 is 0 Å². The van der Waals surface area contributed by atoms with Crippen LogP contribution in [0, 0.1) is 5.82 Å². The molecule has 0 spiro atoms. The molecular weight excluding hydrogens is 355 g/mol. The molecular formula is C22H29FN4O. The Hall–Kier alpha value is -2.89. The monoisotopic (exact) mass is 384 g/mol. The van der Waals surface area contributed by atoms with Crippen molar-refractivity contribution in [2.75, 3.05) is 14.1 Å². The zero-order valence-corrected chi connectivity index (χ0v) is 17.2. The van der Waals surface area contributed by atoms with Gasteiger partial charge < -0.3 is 15.5 Å². The fourth-order valence-corrected chi connectivity index (χ4v) is 2.74. The molecule has 0 saturated heterocycles. The Morgan fingerprint density at radius 2 is 1.79 bits per heavy atom. The number of benzene rings is 2. The van der Waals surface area contributed by atoms with Crippen LogP contribution >= 0.6 is 0 Å². The van der Waals surface area contributed by atoms with Crippen LogP contribution in [0.25, 0.3) is 0 Å². The molecule has 0 unspecified atom stereocenters. The number of hydrogen-bond donors (Lipinski definition) is 2. The first-order valence-corrected chi connectivity index (χ1v) is 9.25. The zero-order valence-electron chi connectivity index (χ0n) is 17.2. The third-order valence-corrected chi connectivity index (χ3v) is 4.03. The van der Waals surface area contributed by atoms with Crippen molar-refractivity contribution in [2.45, 2.75) is 39.4 Å². The van der Waals surface area contributed by atoms with Crippen LogP contribution in [0.2, 0.25) is 0 Å². The Morgan fingerprint density at radius 1 is 1.11 bits per heavy atom. The summed E-state index contributed by atoms with van der Waals surface area (Å²) in [6.45, 7) is 7.01. The number of carbonyl (C=O) groups is 1. The maximum atomic E-state index is 13.1. The van der Waals surface area contributed by atoms with Crippen LogP contribution in [-0.4, -0.2) is 36.4 Å². The SMILES string of the molecule is CN=C(NCc1cccc(C(=O)NC(C)(C)C)c1)N(C)Cc1ccc(F)cc1. The van der Waals surface area contributed by atoms with E-state index in [9.17, 15) is 9.18 Å². The van der Waals surface area contributed by atoms with Gasteiger partial charge in [-0.3, -0.25) is 9.79 Å². The highest BCUT2D eigenvalue weighted by atomic mass is 19.1. The lowest BCUT2D eigenvalue weighted by Gasteiger charge is -2.22. The van der Waals surface area contributed by atoms with Gasteiger partial charge in [-0.2, -0.15) is 0 Å². The Kier molecular flexibility index (Phi) is 7.15. The van der Waals surface area contributed by atoms with Crippen LogP contribution in [0.1, 0.15) is 42.3 Å². The summed E-state index contributed by atoms with van der Waals surface area (Å²) in [4.78, 5) is 18.6. The number of carbonyl (C=O) groups excluding carboxylic acids is 1. The molecule has 0 atom stereocenters. The zero-order chi connectivity index (χ0) is 20.7. The summed E-state index contributed by atoms with van der Waals surface area (Å²) < 4.78 is 13.1. The highest BCUT2D eigenvalue weighted by Gasteiger charge is 2.15. The summed E-state index contributed by atoms with van der Waals surface area (Å²) in [6.07, 6.45) is 0. The van der Waals surface area contributed by atoms with E-state index in [0.717, 1.165) is 11.1 Å². The molecule has 2 rings (SSSR count). The largest absolute Gasteiger partial charge is 0.352 e. The summed E-state index contributed by atoms with van der Waals surface area (Å²) in [5.74, 6) is 0.380. The van der Waals surface area contributed by atoms with E-state index in [1.54, 1.807) is 25.2 Å². The topological polar surface area (TPSA) is 56.7 Å². The van der Waals surface area contributed by atoms with E-state index in [2.05, 4.69) is 15.6 Å². The maximum Gasteiger partial charge on any atom is 0.251 e. The first-order chi connectivity index (χ1) is 13.2. The van der Waals surface area contributed by atoms with Crippen molar-refractivity contribution < 1.29 is 9.18 Å². The Bertz CT molecular complexity index is 825. The molecule has 0 saturated carbocycles. The lowest BCUT2D eigenvalue weighted by Crippen LogP contribution is -2.40. The van der Waals surface area contributed by atoms with Crippen molar-refractivity contribution in [3.63, 3.8) is 0 Å². The summed E-state index contributed by atoms with van der Waals surface area (Å²) in [5, 5.41) is 6.27. The molecule has 28 heavy (non-hydrogen) atoms. The van der Waals surface area contributed by atoms with Crippen LogP contribution in [0.3, 0.4) is 0 Å². The number of hydrogen-bond acceptors (Lipinski definition) is 2. The number of amides is 1. The fraction of sp³-hybridized carbons (Fsp3) is 0.364. The first-order valence-electron chi connectivity index (χ1n) is 9.25. The Labute approximate surface area is 166 Å². The summed E-state index contributed by atoms with van der Waals surface area (Å²) in [7, 11) is 3.64. The van der Waals surface area contributed by atoms with Gasteiger partial charge in [0.2, 0.25) is 0 Å². The lowest BCUT2D eigenvalue weighted by molar-refractivity contribution is 0.0919. The normalized spacial score (nSPS) is 11.9. The summed E-state index contributed by atoms with van der Waals surface area (Å²) in [6, 6.07) is 13.9. The highest BCUT2D eigenvalue weighted by Crippen LogP contribution is 2.09. The van der Waals surface area contributed by atoms with Crippen molar-refractivity contribution in [3.05, 3.63) is 71.0 Å². The van der Waals surface area contributed by atoms with Crippen LogP contribution in [0.15, 0.2) is 53.5 Å². The van der Waals surface area contributed by atoms with Gasteiger partial charge in [0.05, 0.1) is 0 Å². The predicted octanol–water partition coefficient (Wildman–Crippen LogP) is 3.56. The average Bonchev–Trinajstić information content (AvgIpc) is 2.63. The van der Waals surface area contributed by atoms with Crippen LogP contribution in [-0.2, 0) is 13.1 Å². The van der Waals surface area contributed by atoms with E-state index in [1.807, 2.05) is 50.9 Å². The van der Waals surface area contributed by atoms with Crippen LogP contribution < -0.4 is 10.6 Å². The van der Waals surface area contributed by atoms with Gasteiger partial charge in [0.1, 0.15) is 5.82 Å². The molecule has 5 nitrogen and oxygen atoms in total. The van der Waals surface area contributed by atoms with Gasteiger partial charge in [-0.15, -0.1) is 0 Å². The minimum atomic E-state index is -0.281. The fourth-order valence-electron chi connectivity index (χ4n) is 2.74. The van der Waals surface area contributed by atoms with Gasteiger partial charge in [0.15, 0.2) is 5.96 Å². The minimum Gasteiger partial charge on any atom is -0.352 e. The number of halogens is 1. The van der Waals surface area contributed by atoms with Gasteiger partial charge in [-0.05, 0) is 56.2 Å². The third kappa shape index (κ3) is 6.68. The van der Waals surface area contributed by atoms with Gasteiger partial charge in [-0.25, -0.2) is 4.39 Å². The molecule has 0 heterocycles. The molecule has 0 aliphatic carbocycles. The van der Waals surface area contributed by atoms with Gasteiger partial charge >= 0.3 is 0 Å². The first kappa shape index (κ1) is 21.4. The van der Waals surface area contributed by atoms with Gasteiger partial charge in [0.25, 0.3) is 5.91 Å². The number of rotatable bonds is 5. The average molecular weight is 384 g/mol. The second-order valence-corrected chi connectivity index (χ2v) is 7.79. The van der Waals surface area contributed by atoms with Crippen molar-refractivity contribution in [1.29, 1.82) is 0 Å². The smallest absolute Gasteiger partial charge is 0.251 e. The number of guanidine groups is 1. The molecule has 0 aliphatic rings. The van der Waals surface area contributed by atoms with Gasteiger partial charge in [0, 0.05) is 38.3 Å². The quantitative estimate of drug-likeness (QED) is 0.612. The van der Waals surface area contributed by atoms with E-state index in [-0.39, 0.29) is 17.3 Å². The number of nitrogens with one attached hydrogen (secondary N) is 2. The maximum absolute atomic E-state index is 13.1. The molecule has 0 radical (unpaired) electrons. The molecule has 0 fully saturated rings. The molecule has 2 N–H and O–H groups in total. The second kappa shape index (κ2) is 9.35. The third-order valence-electron chi connectivity index (χ3n) is 4.03. The van der Waals surface area contributed by atoms with Crippen LogP contribution in [0.5, 0.6) is 0 Å². The predicted molar refractivity (Wildman–Crippen MR) is 112 cm³/mol. The molecule has 0 bridgehead atoms. The van der Waals surface area contributed by atoms with E-state index in [0.29, 0.717) is 24.6 Å². The molecule has 0 aliphatic heterocycles. The molecule has 2 aromatic carbocycles.